The second kappa shape index (κ2) is 7.09. The van der Waals surface area contributed by atoms with Crippen LogP contribution in [0.15, 0.2) is 0 Å². The first-order valence-corrected chi connectivity index (χ1v) is 8.86. The summed E-state index contributed by atoms with van der Waals surface area (Å²) in [6, 6.07) is -0.785. The molecule has 1 saturated carbocycles. The van der Waals surface area contributed by atoms with Crippen molar-refractivity contribution in [2.45, 2.75) is 51.2 Å². The van der Waals surface area contributed by atoms with E-state index in [0.29, 0.717) is 51.4 Å². The molecule has 0 aromatic heterocycles. The van der Waals surface area contributed by atoms with Gasteiger partial charge in [0.1, 0.15) is 6.04 Å². The number of carboxylic acids is 1. The Bertz CT molecular complexity index is 511. The van der Waals surface area contributed by atoms with Gasteiger partial charge in [0.25, 0.3) is 0 Å². The Morgan fingerprint density at radius 1 is 1.12 bits per heavy atom. The smallest absolute Gasteiger partial charge is 0.326 e. The lowest BCUT2D eigenvalue weighted by molar-refractivity contribution is -0.151. The summed E-state index contributed by atoms with van der Waals surface area (Å²) < 4.78 is 5.81. The van der Waals surface area contributed by atoms with E-state index in [4.69, 9.17) is 4.74 Å². The minimum absolute atomic E-state index is 0.0269. The highest BCUT2D eigenvalue weighted by Gasteiger charge is 2.43. The van der Waals surface area contributed by atoms with E-state index in [9.17, 15) is 19.5 Å². The van der Waals surface area contributed by atoms with Crippen LogP contribution in [-0.2, 0) is 19.1 Å². The predicted molar refractivity (Wildman–Crippen MR) is 85.2 cm³/mol. The van der Waals surface area contributed by atoms with Crippen LogP contribution >= 0.6 is 0 Å². The largest absolute Gasteiger partial charge is 0.480 e. The molecule has 0 aromatic rings. The van der Waals surface area contributed by atoms with Gasteiger partial charge in [-0.25, -0.2) is 4.79 Å². The molecule has 2 heterocycles. The monoisotopic (exact) mass is 338 g/mol. The molecule has 2 atom stereocenters. The number of rotatable bonds is 5. The maximum absolute atomic E-state index is 12.8. The van der Waals surface area contributed by atoms with Crippen molar-refractivity contribution in [2.24, 2.45) is 11.8 Å². The van der Waals surface area contributed by atoms with E-state index < -0.39 is 12.0 Å². The number of likely N-dealkylation sites (tertiary alicyclic amines) is 2. The number of ether oxygens (including phenoxy) is 1. The molecule has 134 valence electrons. The molecular formula is C17H26N2O5. The van der Waals surface area contributed by atoms with Crippen LogP contribution in [0.4, 0.5) is 0 Å². The first kappa shape index (κ1) is 17.2. The standard InChI is InChI=1S/C17H26N2O5/c1-11(20)18-6-4-13(5-7-18)16(21)19-9-14(8-15(19)17(22)23)24-10-12-2-3-12/h12-15H,2-10H2,1H3,(H,22,23). The molecule has 1 N–H and O–H groups in total. The number of nitrogens with zero attached hydrogens (tertiary/aromatic N) is 2. The third-order valence-corrected chi connectivity index (χ3v) is 5.38. The molecule has 0 bridgehead atoms. The summed E-state index contributed by atoms with van der Waals surface area (Å²) in [6.07, 6.45) is 3.79. The molecule has 0 aromatic carbocycles. The lowest BCUT2D eigenvalue weighted by Crippen LogP contribution is -2.47. The summed E-state index contributed by atoms with van der Waals surface area (Å²) in [5.41, 5.74) is 0. The minimum atomic E-state index is -0.956. The van der Waals surface area contributed by atoms with Gasteiger partial charge in [0.15, 0.2) is 0 Å². The van der Waals surface area contributed by atoms with Crippen LogP contribution in [0.25, 0.3) is 0 Å². The summed E-state index contributed by atoms with van der Waals surface area (Å²) in [6.45, 7) is 3.72. The molecule has 2 unspecified atom stereocenters. The summed E-state index contributed by atoms with van der Waals surface area (Å²) in [7, 11) is 0. The Morgan fingerprint density at radius 2 is 1.79 bits per heavy atom. The minimum Gasteiger partial charge on any atom is -0.480 e. The molecule has 3 fully saturated rings. The van der Waals surface area contributed by atoms with Crippen molar-refractivity contribution in [3.8, 4) is 0 Å². The highest BCUT2D eigenvalue weighted by Crippen LogP contribution is 2.31. The molecule has 7 nitrogen and oxygen atoms in total. The van der Waals surface area contributed by atoms with Gasteiger partial charge >= 0.3 is 5.97 Å². The molecule has 2 aliphatic heterocycles. The second-order valence-corrected chi connectivity index (χ2v) is 7.26. The van der Waals surface area contributed by atoms with Gasteiger partial charge in [-0.2, -0.15) is 0 Å². The van der Waals surface area contributed by atoms with Crippen molar-refractivity contribution in [3.63, 3.8) is 0 Å². The molecule has 3 aliphatic rings. The van der Waals surface area contributed by atoms with Crippen LogP contribution < -0.4 is 0 Å². The van der Waals surface area contributed by atoms with Crippen LogP contribution in [0.1, 0.15) is 39.0 Å². The van der Waals surface area contributed by atoms with E-state index in [-0.39, 0.29) is 23.8 Å². The van der Waals surface area contributed by atoms with Crippen LogP contribution in [0.5, 0.6) is 0 Å². The van der Waals surface area contributed by atoms with Gasteiger partial charge in [-0.1, -0.05) is 0 Å². The number of hydrogen-bond acceptors (Lipinski definition) is 4. The average molecular weight is 338 g/mol. The Kier molecular flexibility index (Phi) is 5.08. The Hall–Kier alpha value is -1.63. The lowest BCUT2D eigenvalue weighted by atomic mass is 9.95. The number of carbonyl (C=O) groups excluding carboxylic acids is 2. The van der Waals surface area contributed by atoms with Gasteiger partial charge in [-0.05, 0) is 31.6 Å². The SMILES string of the molecule is CC(=O)N1CCC(C(=O)N2CC(OCC3CC3)CC2C(=O)O)CC1. The zero-order chi connectivity index (χ0) is 17.3. The van der Waals surface area contributed by atoms with Gasteiger partial charge < -0.3 is 19.6 Å². The number of carboxylic acid groups (broad SMARTS) is 1. The summed E-state index contributed by atoms with van der Waals surface area (Å²) in [4.78, 5) is 38.9. The fourth-order valence-corrected chi connectivity index (χ4v) is 3.63. The topological polar surface area (TPSA) is 87.2 Å². The number of aliphatic carboxylic acids is 1. The Balaban J connectivity index is 1.57. The molecule has 2 saturated heterocycles. The molecule has 2 amide bonds. The second-order valence-electron chi connectivity index (χ2n) is 7.26. The zero-order valence-corrected chi connectivity index (χ0v) is 14.1. The molecule has 1 aliphatic carbocycles. The van der Waals surface area contributed by atoms with Gasteiger partial charge in [0.2, 0.25) is 11.8 Å². The highest BCUT2D eigenvalue weighted by molar-refractivity contribution is 5.86. The van der Waals surface area contributed by atoms with Gasteiger partial charge in [-0.15, -0.1) is 0 Å². The molecule has 3 rings (SSSR count). The fourth-order valence-electron chi connectivity index (χ4n) is 3.63. The van der Waals surface area contributed by atoms with Crippen molar-refractivity contribution in [1.29, 1.82) is 0 Å². The van der Waals surface area contributed by atoms with Gasteiger partial charge in [-0.3, -0.25) is 9.59 Å². The maximum atomic E-state index is 12.8. The maximum Gasteiger partial charge on any atom is 0.326 e. The average Bonchev–Trinajstić information content (AvgIpc) is 3.29. The normalized spacial score (nSPS) is 28.2. The summed E-state index contributed by atoms with van der Waals surface area (Å²) in [5.74, 6) is -0.595. The van der Waals surface area contributed by atoms with Crippen LogP contribution in [0, 0.1) is 11.8 Å². The third kappa shape index (κ3) is 3.88. The number of carbonyl (C=O) groups is 3. The molecular weight excluding hydrogens is 312 g/mol. The van der Waals surface area contributed by atoms with E-state index >= 15 is 0 Å². The van der Waals surface area contributed by atoms with Crippen molar-refractivity contribution in [3.05, 3.63) is 0 Å². The van der Waals surface area contributed by atoms with Crippen LogP contribution in [0.2, 0.25) is 0 Å². The Labute approximate surface area is 141 Å². The molecule has 0 spiro atoms. The predicted octanol–water partition coefficient (Wildman–Crippen LogP) is 0.726. The van der Waals surface area contributed by atoms with E-state index in [1.165, 1.54) is 24.7 Å². The van der Waals surface area contributed by atoms with Gasteiger partial charge in [0.05, 0.1) is 6.10 Å². The highest BCUT2D eigenvalue weighted by atomic mass is 16.5. The third-order valence-electron chi connectivity index (χ3n) is 5.38. The van der Waals surface area contributed by atoms with E-state index in [1.807, 2.05) is 0 Å². The number of hydrogen-bond donors (Lipinski definition) is 1. The van der Waals surface area contributed by atoms with Crippen LogP contribution in [-0.4, -0.2) is 71.1 Å². The molecule has 7 heteroatoms. The number of amides is 2. The first-order chi connectivity index (χ1) is 11.5. The fraction of sp³-hybridized carbons (Fsp3) is 0.824. The lowest BCUT2D eigenvalue weighted by Gasteiger charge is -2.33. The first-order valence-electron chi connectivity index (χ1n) is 8.86. The molecule has 0 radical (unpaired) electrons. The van der Waals surface area contributed by atoms with Crippen molar-refractivity contribution >= 4 is 17.8 Å². The van der Waals surface area contributed by atoms with E-state index in [0.717, 1.165) is 0 Å². The van der Waals surface area contributed by atoms with Gasteiger partial charge in [0, 0.05) is 45.5 Å². The van der Waals surface area contributed by atoms with Crippen molar-refractivity contribution in [2.75, 3.05) is 26.2 Å². The van der Waals surface area contributed by atoms with Crippen molar-refractivity contribution < 1.29 is 24.2 Å². The van der Waals surface area contributed by atoms with Crippen LogP contribution in [0.3, 0.4) is 0 Å². The van der Waals surface area contributed by atoms with Crippen molar-refractivity contribution in [1.82, 2.24) is 9.80 Å². The summed E-state index contributed by atoms with van der Waals surface area (Å²) >= 11 is 0. The quantitative estimate of drug-likeness (QED) is 0.798. The Morgan fingerprint density at radius 3 is 2.33 bits per heavy atom. The van der Waals surface area contributed by atoms with E-state index in [2.05, 4.69) is 0 Å². The summed E-state index contributed by atoms with van der Waals surface area (Å²) in [5, 5.41) is 9.45. The van der Waals surface area contributed by atoms with E-state index in [1.54, 1.807) is 4.90 Å². The number of piperidine rings is 1. The zero-order valence-electron chi connectivity index (χ0n) is 14.1. The molecule has 24 heavy (non-hydrogen) atoms.